The zero-order valence-corrected chi connectivity index (χ0v) is 15.0. The van der Waals surface area contributed by atoms with Gasteiger partial charge in [0.15, 0.2) is 0 Å². The molecule has 1 amide bonds. The molecule has 2 heterocycles. The van der Waals surface area contributed by atoms with Crippen LogP contribution in [-0.4, -0.2) is 24.0 Å². The zero-order valence-electron chi connectivity index (χ0n) is 12.6. The lowest BCUT2D eigenvalue weighted by atomic mass is 9.93. The van der Waals surface area contributed by atoms with Gasteiger partial charge < -0.3 is 10.6 Å². The molecule has 1 atom stereocenters. The third-order valence-electron chi connectivity index (χ3n) is 3.62. The van der Waals surface area contributed by atoms with Crippen LogP contribution < -0.4 is 10.6 Å². The molecule has 0 spiro atoms. The lowest BCUT2D eigenvalue weighted by Gasteiger charge is -2.22. The average Bonchev–Trinajstić information content (AvgIpc) is 2.84. The van der Waals surface area contributed by atoms with Gasteiger partial charge in [0, 0.05) is 17.5 Å². The molecule has 0 radical (unpaired) electrons. The van der Waals surface area contributed by atoms with Gasteiger partial charge in [-0.15, -0.1) is 36.2 Å². The van der Waals surface area contributed by atoms with Crippen molar-refractivity contribution >= 4 is 42.1 Å². The number of hydrogen-bond acceptors (Lipinski definition) is 4. The summed E-state index contributed by atoms with van der Waals surface area (Å²) in [5.74, 6) is 0.864. The fraction of sp³-hybridized carbons (Fsp3) is 0.714. The second kappa shape index (κ2) is 10.4. The predicted molar refractivity (Wildman–Crippen MR) is 92.7 cm³/mol. The predicted octanol–water partition coefficient (Wildman–Crippen LogP) is 3.25. The van der Waals surface area contributed by atoms with Crippen LogP contribution in [-0.2, 0) is 4.79 Å². The summed E-state index contributed by atoms with van der Waals surface area (Å²) in [4.78, 5) is 16.3. The SMILES string of the molecule is Cc1csc(C(C)NC(=O)CCC2CCNCC2)n1.Cl.Cl. The molecular weight excluding hydrogens is 329 g/mol. The Morgan fingerprint density at radius 1 is 1.48 bits per heavy atom. The van der Waals surface area contributed by atoms with Crippen molar-refractivity contribution in [2.24, 2.45) is 5.92 Å². The summed E-state index contributed by atoms with van der Waals surface area (Å²) in [7, 11) is 0. The first-order chi connectivity index (χ1) is 9.15. The first-order valence-corrected chi connectivity index (χ1v) is 7.95. The summed E-state index contributed by atoms with van der Waals surface area (Å²) in [6.45, 7) is 6.18. The van der Waals surface area contributed by atoms with Crippen molar-refractivity contribution in [2.75, 3.05) is 13.1 Å². The number of hydrogen-bond donors (Lipinski definition) is 2. The largest absolute Gasteiger partial charge is 0.347 e. The van der Waals surface area contributed by atoms with Crippen molar-refractivity contribution in [2.45, 2.75) is 45.6 Å². The molecule has 0 aromatic carbocycles. The third kappa shape index (κ3) is 6.96. The smallest absolute Gasteiger partial charge is 0.220 e. The number of carbonyl (C=O) groups excluding carboxylic acids is 1. The van der Waals surface area contributed by atoms with Crippen LogP contribution in [0.2, 0.25) is 0 Å². The van der Waals surface area contributed by atoms with E-state index in [0.717, 1.165) is 30.2 Å². The Balaban J connectivity index is 0.00000200. The molecule has 0 saturated carbocycles. The number of rotatable bonds is 5. The molecule has 0 aliphatic carbocycles. The van der Waals surface area contributed by atoms with Gasteiger partial charge >= 0.3 is 0 Å². The minimum atomic E-state index is 0. The summed E-state index contributed by atoms with van der Waals surface area (Å²) in [6.07, 6.45) is 4.06. The van der Waals surface area contributed by atoms with E-state index in [2.05, 4.69) is 15.6 Å². The highest BCUT2D eigenvalue weighted by molar-refractivity contribution is 7.09. The van der Waals surface area contributed by atoms with Gasteiger partial charge in [-0.3, -0.25) is 4.79 Å². The monoisotopic (exact) mass is 353 g/mol. The van der Waals surface area contributed by atoms with Gasteiger partial charge in [-0.25, -0.2) is 4.98 Å². The number of piperidine rings is 1. The van der Waals surface area contributed by atoms with Crippen molar-refractivity contribution in [3.63, 3.8) is 0 Å². The molecule has 7 heteroatoms. The second-order valence-corrected chi connectivity index (χ2v) is 6.24. The summed E-state index contributed by atoms with van der Waals surface area (Å²) >= 11 is 1.61. The van der Waals surface area contributed by atoms with Crippen LogP contribution in [0.25, 0.3) is 0 Å². The molecule has 122 valence electrons. The van der Waals surface area contributed by atoms with E-state index >= 15 is 0 Å². The minimum Gasteiger partial charge on any atom is -0.347 e. The maximum atomic E-state index is 11.9. The quantitative estimate of drug-likeness (QED) is 0.853. The molecule has 21 heavy (non-hydrogen) atoms. The number of nitrogens with zero attached hydrogens (tertiary/aromatic N) is 1. The molecule has 1 aromatic rings. The van der Waals surface area contributed by atoms with Crippen LogP contribution >= 0.6 is 36.2 Å². The standard InChI is InChI=1S/C14H23N3OS.2ClH/c1-10-9-19-14(16-10)11(2)17-13(18)4-3-12-5-7-15-8-6-12;;/h9,11-12,15H,3-8H2,1-2H3,(H,17,18);2*1H. The Hall–Kier alpha value is -0.360. The second-order valence-electron chi connectivity index (χ2n) is 5.35. The summed E-state index contributed by atoms with van der Waals surface area (Å²) < 4.78 is 0. The van der Waals surface area contributed by atoms with Crippen LogP contribution in [0.3, 0.4) is 0 Å². The van der Waals surface area contributed by atoms with Crippen LogP contribution in [0.15, 0.2) is 5.38 Å². The number of aryl methyl sites for hydroxylation is 1. The Labute approximate surface area is 143 Å². The minimum absolute atomic E-state index is 0. The van der Waals surface area contributed by atoms with Crippen LogP contribution in [0.5, 0.6) is 0 Å². The Morgan fingerprint density at radius 3 is 2.71 bits per heavy atom. The highest BCUT2D eigenvalue weighted by atomic mass is 35.5. The molecule has 2 rings (SSSR count). The van der Waals surface area contributed by atoms with Gasteiger partial charge in [0.25, 0.3) is 0 Å². The van der Waals surface area contributed by atoms with E-state index in [1.165, 1.54) is 12.8 Å². The fourth-order valence-electron chi connectivity index (χ4n) is 2.45. The molecule has 0 bridgehead atoms. The van der Waals surface area contributed by atoms with Gasteiger partial charge in [0.2, 0.25) is 5.91 Å². The number of nitrogens with one attached hydrogen (secondary N) is 2. The topological polar surface area (TPSA) is 54.0 Å². The average molecular weight is 354 g/mol. The molecule has 1 saturated heterocycles. The van der Waals surface area contributed by atoms with Gasteiger partial charge in [-0.05, 0) is 52.1 Å². The molecular formula is C14H25Cl2N3OS. The van der Waals surface area contributed by atoms with Crippen LogP contribution in [0.1, 0.15) is 49.4 Å². The van der Waals surface area contributed by atoms with E-state index in [4.69, 9.17) is 0 Å². The lowest BCUT2D eigenvalue weighted by Crippen LogP contribution is -2.30. The van der Waals surface area contributed by atoms with E-state index in [1.807, 2.05) is 19.2 Å². The molecule has 1 aliphatic rings. The van der Waals surface area contributed by atoms with Crippen molar-refractivity contribution in [3.8, 4) is 0 Å². The number of thiazole rings is 1. The Kier molecular flexibility index (Phi) is 10.2. The van der Waals surface area contributed by atoms with Crippen molar-refractivity contribution in [3.05, 3.63) is 16.1 Å². The van der Waals surface area contributed by atoms with Crippen LogP contribution in [0, 0.1) is 12.8 Å². The van der Waals surface area contributed by atoms with Crippen molar-refractivity contribution < 1.29 is 4.79 Å². The van der Waals surface area contributed by atoms with Crippen molar-refractivity contribution in [1.82, 2.24) is 15.6 Å². The van der Waals surface area contributed by atoms with Crippen molar-refractivity contribution in [1.29, 1.82) is 0 Å². The number of carbonyl (C=O) groups is 1. The molecule has 1 fully saturated rings. The van der Waals surface area contributed by atoms with Crippen LogP contribution in [0.4, 0.5) is 0 Å². The number of aromatic nitrogens is 1. The van der Waals surface area contributed by atoms with Gasteiger partial charge in [0.1, 0.15) is 5.01 Å². The highest BCUT2D eigenvalue weighted by Gasteiger charge is 2.16. The molecule has 1 aromatic heterocycles. The van der Waals surface area contributed by atoms with E-state index in [9.17, 15) is 4.79 Å². The maximum absolute atomic E-state index is 11.9. The highest BCUT2D eigenvalue weighted by Crippen LogP contribution is 2.20. The number of halogens is 2. The normalized spacial score (nSPS) is 16.5. The van der Waals surface area contributed by atoms with E-state index < -0.39 is 0 Å². The van der Waals surface area contributed by atoms with Gasteiger partial charge in [-0.2, -0.15) is 0 Å². The number of amides is 1. The first-order valence-electron chi connectivity index (χ1n) is 7.07. The van der Waals surface area contributed by atoms with E-state index in [1.54, 1.807) is 11.3 Å². The lowest BCUT2D eigenvalue weighted by molar-refractivity contribution is -0.122. The van der Waals surface area contributed by atoms with Gasteiger partial charge in [0.05, 0.1) is 6.04 Å². The van der Waals surface area contributed by atoms with Gasteiger partial charge in [-0.1, -0.05) is 0 Å². The first kappa shape index (κ1) is 20.6. The molecule has 2 N–H and O–H groups in total. The summed E-state index contributed by atoms with van der Waals surface area (Å²) in [5.41, 5.74) is 1.02. The van der Waals surface area contributed by atoms with E-state index in [-0.39, 0.29) is 36.8 Å². The molecule has 1 aliphatic heterocycles. The third-order valence-corrected chi connectivity index (χ3v) is 4.77. The Bertz CT molecular complexity index is 422. The Morgan fingerprint density at radius 2 is 2.14 bits per heavy atom. The molecule has 4 nitrogen and oxygen atoms in total. The summed E-state index contributed by atoms with van der Waals surface area (Å²) in [6, 6.07) is 0.0271. The molecule has 1 unspecified atom stereocenters. The summed E-state index contributed by atoms with van der Waals surface area (Å²) in [5, 5.41) is 9.41. The maximum Gasteiger partial charge on any atom is 0.220 e. The fourth-order valence-corrected chi connectivity index (χ4v) is 3.26. The zero-order chi connectivity index (χ0) is 13.7. The van der Waals surface area contributed by atoms with E-state index in [0.29, 0.717) is 12.3 Å².